The van der Waals surface area contributed by atoms with E-state index in [0.717, 1.165) is 18.4 Å². The van der Waals surface area contributed by atoms with Crippen LogP contribution in [0.15, 0.2) is 36.4 Å². The molecular formula is C22H21N5O6. The first kappa shape index (κ1) is 22.0. The second-order valence-electron chi connectivity index (χ2n) is 7.01. The predicted molar refractivity (Wildman–Crippen MR) is 118 cm³/mol. The molecule has 170 valence electrons. The van der Waals surface area contributed by atoms with Crippen molar-refractivity contribution in [2.75, 3.05) is 21.3 Å². The van der Waals surface area contributed by atoms with Crippen molar-refractivity contribution in [3.8, 4) is 34.5 Å². The van der Waals surface area contributed by atoms with Crippen molar-refractivity contribution in [3.05, 3.63) is 63.6 Å². The lowest BCUT2D eigenvalue weighted by Gasteiger charge is -2.18. The van der Waals surface area contributed by atoms with E-state index in [1.165, 1.54) is 12.1 Å². The van der Waals surface area contributed by atoms with E-state index < -0.39 is 4.92 Å². The fourth-order valence-electron chi connectivity index (χ4n) is 3.76. The lowest BCUT2D eigenvalue weighted by molar-refractivity contribution is -0.384. The monoisotopic (exact) mass is 451 g/mol. The van der Waals surface area contributed by atoms with Crippen molar-refractivity contribution < 1.29 is 24.2 Å². The van der Waals surface area contributed by atoms with Gasteiger partial charge in [0.25, 0.3) is 5.69 Å². The third-order valence-corrected chi connectivity index (χ3v) is 5.11. The average molecular weight is 451 g/mol. The van der Waals surface area contributed by atoms with Crippen molar-refractivity contribution in [2.24, 2.45) is 0 Å². The van der Waals surface area contributed by atoms with Crippen molar-refractivity contribution in [2.45, 2.75) is 13.3 Å². The van der Waals surface area contributed by atoms with Gasteiger partial charge in [0.1, 0.15) is 11.6 Å². The number of aliphatic hydroxyl groups excluding tert-OH is 1. The summed E-state index contributed by atoms with van der Waals surface area (Å²) in [6, 6.07) is 9.74. The van der Waals surface area contributed by atoms with Crippen LogP contribution in [0.5, 0.6) is 23.1 Å². The normalized spacial score (nSPS) is 11.5. The largest absolute Gasteiger partial charge is 0.493 e. The van der Waals surface area contributed by atoms with E-state index in [9.17, 15) is 10.1 Å². The molecule has 5 rings (SSSR count). The first-order valence-corrected chi connectivity index (χ1v) is 9.87. The average Bonchev–Trinajstić information content (AvgIpc) is 3.14. The van der Waals surface area contributed by atoms with Crippen molar-refractivity contribution in [1.82, 2.24) is 19.6 Å². The Kier molecular flexibility index (Phi) is 5.80. The van der Waals surface area contributed by atoms with Crippen LogP contribution >= 0.6 is 0 Å². The number of methoxy groups -OCH3 is 2. The lowest BCUT2D eigenvalue weighted by atomic mass is 10.1. The fraction of sp³-hybridized carbons (Fsp3) is 0.227. The quantitative estimate of drug-likeness (QED) is 0.322. The fourth-order valence-corrected chi connectivity index (χ4v) is 3.76. The predicted octanol–water partition coefficient (Wildman–Crippen LogP) is 3.33. The van der Waals surface area contributed by atoms with Gasteiger partial charge in [0.05, 0.1) is 24.8 Å². The highest BCUT2D eigenvalue weighted by atomic mass is 16.6. The SMILES string of the molecule is CO.COc1cc2cc(c1OC)Cc1nc(C)n3nc(-c4cccc([N+](=O)[O-])c4)nc(c13)O2. The number of rotatable bonds is 4. The van der Waals surface area contributed by atoms with Crippen LogP contribution in [0.2, 0.25) is 0 Å². The molecule has 1 aliphatic heterocycles. The van der Waals surface area contributed by atoms with Crippen molar-refractivity contribution >= 4 is 11.2 Å². The molecule has 2 aromatic carbocycles. The van der Waals surface area contributed by atoms with E-state index in [2.05, 4.69) is 15.1 Å². The van der Waals surface area contributed by atoms with Gasteiger partial charge in [-0.1, -0.05) is 12.1 Å². The summed E-state index contributed by atoms with van der Waals surface area (Å²) in [6.45, 7) is 1.83. The van der Waals surface area contributed by atoms with Crippen LogP contribution in [0, 0.1) is 17.0 Å². The molecule has 0 saturated heterocycles. The van der Waals surface area contributed by atoms with Gasteiger partial charge < -0.3 is 19.3 Å². The molecule has 0 aliphatic carbocycles. The minimum Gasteiger partial charge on any atom is -0.493 e. The number of hydrogen-bond acceptors (Lipinski definition) is 9. The first-order chi connectivity index (χ1) is 16.0. The minimum absolute atomic E-state index is 0.0441. The maximum Gasteiger partial charge on any atom is 0.270 e. The Labute approximate surface area is 188 Å². The van der Waals surface area contributed by atoms with Gasteiger partial charge in [-0.25, -0.2) is 9.50 Å². The van der Waals surface area contributed by atoms with Crippen LogP contribution in [0.3, 0.4) is 0 Å². The molecule has 0 unspecified atom stereocenters. The number of hydrogen-bond donors (Lipinski definition) is 1. The summed E-state index contributed by atoms with van der Waals surface area (Å²) in [6.07, 6.45) is 0.473. The Morgan fingerprint density at radius 2 is 1.94 bits per heavy atom. The molecule has 11 nitrogen and oxygen atoms in total. The zero-order valence-electron chi connectivity index (χ0n) is 18.4. The van der Waals surface area contributed by atoms with Crippen molar-refractivity contribution in [1.29, 1.82) is 0 Å². The zero-order chi connectivity index (χ0) is 23.7. The summed E-state index contributed by atoms with van der Waals surface area (Å²) >= 11 is 0. The molecule has 11 heteroatoms. The number of nitro groups is 1. The zero-order valence-corrected chi connectivity index (χ0v) is 18.4. The number of benzene rings is 2. The number of nitro benzene ring substituents is 1. The molecule has 1 N–H and O–H groups in total. The van der Waals surface area contributed by atoms with Crippen LogP contribution < -0.4 is 14.2 Å². The molecule has 0 amide bonds. The minimum atomic E-state index is -0.455. The van der Waals surface area contributed by atoms with Crippen LogP contribution in [0.1, 0.15) is 17.1 Å². The molecule has 0 atom stereocenters. The summed E-state index contributed by atoms with van der Waals surface area (Å²) in [4.78, 5) is 20.0. The molecule has 0 fully saturated rings. The van der Waals surface area contributed by atoms with Crippen LogP contribution in [-0.4, -0.2) is 50.9 Å². The summed E-state index contributed by atoms with van der Waals surface area (Å²) in [5.41, 5.74) is 2.69. The van der Waals surface area contributed by atoms with Gasteiger partial charge in [0.2, 0.25) is 5.88 Å². The van der Waals surface area contributed by atoms with Gasteiger partial charge in [0, 0.05) is 42.9 Å². The van der Waals surface area contributed by atoms with E-state index in [1.54, 1.807) is 36.9 Å². The third-order valence-electron chi connectivity index (χ3n) is 5.11. The molecule has 1 aliphatic rings. The second kappa shape index (κ2) is 8.71. The Balaban J connectivity index is 0.00000126. The highest BCUT2D eigenvalue weighted by Gasteiger charge is 2.25. The highest BCUT2D eigenvalue weighted by molar-refractivity contribution is 5.69. The number of fused-ring (bicyclic) bond motifs is 2. The smallest absolute Gasteiger partial charge is 0.270 e. The Morgan fingerprint density at radius 3 is 2.64 bits per heavy atom. The van der Waals surface area contributed by atoms with Crippen LogP contribution in [0.4, 0.5) is 5.69 Å². The summed E-state index contributed by atoms with van der Waals surface area (Å²) in [5.74, 6) is 2.93. The molecule has 33 heavy (non-hydrogen) atoms. The topological polar surface area (TPSA) is 134 Å². The highest BCUT2D eigenvalue weighted by Crippen LogP contribution is 2.41. The molecule has 0 radical (unpaired) electrons. The Morgan fingerprint density at radius 1 is 1.15 bits per heavy atom. The van der Waals surface area contributed by atoms with E-state index in [0.29, 0.717) is 52.3 Å². The summed E-state index contributed by atoms with van der Waals surface area (Å²) in [7, 11) is 4.15. The van der Waals surface area contributed by atoms with Gasteiger partial charge in [0.15, 0.2) is 22.8 Å². The van der Waals surface area contributed by atoms with Gasteiger partial charge in [-0.15, -0.1) is 5.10 Å². The first-order valence-electron chi connectivity index (χ1n) is 9.87. The van der Waals surface area contributed by atoms with E-state index >= 15 is 0 Å². The number of aryl methyl sites for hydroxylation is 1. The maximum atomic E-state index is 11.2. The number of aliphatic hydroxyl groups is 1. The van der Waals surface area contributed by atoms with E-state index in [1.807, 2.05) is 13.0 Å². The molecule has 2 aromatic heterocycles. The standard InChI is InChI=1S/C21H17N5O5.CH4O/c1-11-22-16-9-13-8-15(10-17(29-2)19(13)30-3)31-21-18(16)25(11)24-20(23-21)12-5-4-6-14(7-12)26(27)28;1-2/h4-8,10H,9H2,1-3H3;2H,1H3. The van der Waals surface area contributed by atoms with Gasteiger partial charge in [-0.05, 0) is 13.0 Å². The molecular weight excluding hydrogens is 430 g/mol. The lowest BCUT2D eigenvalue weighted by Crippen LogP contribution is -2.06. The van der Waals surface area contributed by atoms with Crippen LogP contribution in [0.25, 0.3) is 16.9 Å². The summed E-state index contributed by atoms with van der Waals surface area (Å²) in [5, 5.41) is 22.8. The van der Waals surface area contributed by atoms with E-state index in [4.69, 9.17) is 19.3 Å². The number of imidazole rings is 1. The Bertz CT molecular complexity index is 1370. The molecule has 2 bridgehead atoms. The number of ether oxygens (including phenoxy) is 3. The number of aromatic nitrogens is 4. The molecule has 0 spiro atoms. The van der Waals surface area contributed by atoms with E-state index in [-0.39, 0.29) is 5.69 Å². The second-order valence-corrected chi connectivity index (χ2v) is 7.01. The van der Waals surface area contributed by atoms with Crippen LogP contribution in [-0.2, 0) is 6.42 Å². The third kappa shape index (κ3) is 3.78. The Hall–Kier alpha value is -4.25. The molecule has 4 aromatic rings. The van der Waals surface area contributed by atoms with Crippen molar-refractivity contribution in [3.63, 3.8) is 0 Å². The number of nitrogens with zero attached hydrogens (tertiary/aromatic N) is 5. The molecule has 3 heterocycles. The van der Waals surface area contributed by atoms with Gasteiger partial charge in [-0.2, -0.15) is 4.98 Å². The molecule has 0 saturated carbocycles. The summed E-state index contributed by atoms with van der Waals surface area (Å²) < 4.78 is 18.8. The number of non-ortho nitro benzene ring substituents is 1. The van der Waals surface area contributed by atoms with Gasteiger partial charge in [-0.3, -0.25) is 10.1 Å². The van der Waals surface area contributed by atoms with Gasteiger partial charge >= 0.3 is 0 Å². The maximum absolute atomic E-state index is 11.2.